The molecule has 1 aromatic heterocycles. The van der Waals surface area contributed by atoms with Crippen LogP contribution in [0.15, 0.2) is 58.2 Å². The van der Waals surface area contributed by atoms with Crippen LogP contribution in [0.3, 0.4) is 0 Å². The molecule has 5 nitrogen and oxygen atoms in total. The molecule has 0 aliphatic heterocycles. The number of nitrogens with zero attached hydrogens (tertiary/aromatic N) is 3. The molecule has 0 bridgehead atoms. The van der Waals surface area contributed by atoms with E-state index < -0.39 is 0 Å². The topological polar surface area (TPSA) is 59.2 Å². The van der Waals surface area contributed by atoms with Crippen LogP contribution in [0.5, 0.6) is 0 Å². The summed E-state index contributed by atoms with van der Waals surface area (Å²) in [6, 6.07) is 15.8. The summed E-state index contributed by atoms with van der Waals surface area (Å²) in [6.07, 6.45) is 0. The van der Waals surface area contributed by atoms with E-state index in [1.165, 1.54) is 17.3 Å². The number of anilines is 1. The molecule has 26 heavy (non-hydrogen) atoms. The first kappa shape index (κ1) is 18.2. The number of thioether (sulfide) groups is 1. The number of carbonyl (C=O) groups excluding carboxylic acids is 1. The van der Waals surface area contributed by atoms with E-state index in [1.807, 2.05) is 69.3 Å². The highest BCUT2D eigenvalue weighted by Gasteiger charge is 2.16. The summed E-state index contributed by atoms with van der Waals surface area (Å²) in [4.78, 5) is 14.4. The highest BCUT2D eigenvalue weighted by atomic mass is 32.2. The summed E-state index contributed by atoms with van der Waals surface area (Å²) in [5.41, 5.74) is 4.07. The van der Waals surface area contributed by atoms with Crippen LogP contribution in [0.1, 0.15) is 18.1 Å². The highest BCUT2D eigenvalue weighted by molar-refractivity contribution is 7.99. The van der Waals surface area contributed by atoms with Crippen molar-refractivity contribution in [2.45, 2.75) is 26.0 Å². The molecule has 0 aliphatic carbocycles. The number of rotatable bonds is 6. The molecule has 134 valence electrons. The Morgan fingerprint density at radius 1 is 1.08 bits per heavy atom. The molecule has 1 amide bonds. The van der Waals surface area contributed by atoms with E-state index >= 15 is 0 Å². The van der Waals surface area contributed by atoms with Crippen molar-refractivity contribution in [3.8, 4) is 11.5 Å². The quantitative estimate of drug-likeness (QED) is 0.601. The first-order valence-corrected chi connectivity index (χ1v) is 9.45. The first-order valence-electron chi connectivity index (χ1n) is 8.47. The lowest BCUT2D eigenvalue weighted by molar-refractivity contribution is -0.116. The average Bonchev–Trinajstić information content (AvgIpc) is 3.10. The van der Waals surface area contributed by atoms with E-state index in [4.69, 9.17) is 4.42 Å². The lowest BCUT2D eigenvalue weighted by Gasteiger charge is -2.21. The second-order valence-corrected chi connectivity index (χ2v) is 6.93. The molecule has 1 heterocycles. The molecular weight excluding hydrogens is 346 g/mol. The molecule has 3 aromatic rings. The molecule has 0 aliphatic rings. The van der Waals surface area contributed by atoms with E-state index in [-0.39, 0.29) is 11.7 Å². The molecule has 0 spiro atoms. The molecular formula is C20H21N3O2S. The third-order valence-electron chi connectivity index (χ3n) is 3.95. The van der Waals surface area contributed by atoms with E-state index in [0.717, 1.165) is 16.8 Å². The van der Waals surface area contributed by atoms with Gasteiger partial charge in [-0.25, -0.2) is 0 Å². The maximum absolute atomic E-state index is 12.6. The fourth-order valence-corrected chi connectivity index (χ4v) is 3.22. The second kappa shape index (κ2) is 8.19. The Bertz CT molecular complexity index is 890. The van der Waals surface area contributed by atoms with Gasteiger partial charge in [0.2, 0.25) is 11.8 Å². The van der Waals surface area contributed by atoms with Gasteiger partial charge in [-0.05, 0) is 50.6 Å². The fourth-order valence-electron chi connectivity index (χ4n) is 2.58. The van der Waals surface area contributed by atoms with Crippen LogP contribution < -0.4 is 4.90 Å². The maximum atomic E-state index is 12.6. The van der Waals surface area contributed by atoms with Crippen molar-refractivity contribution in [3.63, 3.8) is 0 Å². The summed E-state index contributed by atoms with van der Waals surface area (Å²) in [5.74, 6) is 0.723. The molecule has 0 atom stereocenters. The van der Waals surface area contributed by atoms with Crippen LogP contribution in [0.25, 0.3) is 11.5 Å². The van der Waals surface area contributed by atoms with E-state index in [2.05, 4.69) is 10.2 Å². The van der Waals surface area contributed by atoms with E-state index in [0.29, 0.717) is 17.7 Å². The van der Waals surface area contributed by atoms with Crippen molar-refractivity contribution < 1.29 is 9.21 Å². The predicted octanol–water partition coefficient (Wildman–Crippen LogP) is 4.50. The number of carbonyl (C=O) groups is 1. The number of amides is 1. The maximum Gasteiger partial charge on any atom is 0.277 e. The van der Waals surface area contributed by atoms with Crippen LogP contribution in [0.4, 0.5) is 5.69 Å². The van der Waals surface area contributed by atoms with Gasteiger partial charge < -0.3 is 9.32 Å². The van der Waals surface area contributed by atoms with Crippen molar-refractivity contribution in [2.75, 3.05) is 17.2 Å². The summed E-state index contributed by atoms with van der Waals surface area (Å²) < 4.78 is 5.67. The third kappa shape index (κ3) is 4.32. The van der Waals surface area contributed by atoms with Gasteiger partial charge in [-0.1, -0.05) is 41.6 Å². The molecule has 0 unspecified atom stereocenters. The minimum absolute atomic E-state index is 0.0122. The standard InChI is InChI=1S/C20H21N3O2S/c1-4-23(17-7-5-6-15(3)12-17)18(24)13-26-20-22-21-19(25-20)16-10-8-14(2)9-11-16/h5-12H,4,13H2,1-3H3. The van der Waals surface area contributed by atoms with Gasteiger partial charge in [0.15, 0.2) is 0 Å². The van der Waals surface area contributed by atoms with Crippen LogP contribution in [-0.4, -0.2) is 28.4 Å². The first-order chi connectivity index (χ1) is 12.6. The van der Waals surface area contributed by atoms with Gasteiger partial charge in [0.25, 0.3) is 5.22 Å². The Kier molecular flexibility index (Phi) is 5.73. The predicted molar refractivity (Wildman–Crippen MR) is 104 cm³/mol. The molecule has 6 heteroatoms. The minimum atomic E-state index is 0.0122. The Morgan fingerprint density at radius 3 is 2.54 bits per heavy atom. The Morgan fingerprint density at radius 2 is 1.85 bits per heavy atom. The minimum Gasteiger partial charge on any atom is -0.411 e. The number of hydrogen-bond donors (Lipinski definition) is 0. The van der Waals surface area contributed by atoms with Gasteiger partial charge in [0, 0.05) is 17.8 Å². The van der Waals surface area contributed by atoms with Crippen molar-refractivity contribution in [3.05, 3.63) is 59.7 Å². The molecule has 2 aromatic carbocycles. The highest BCUT2D eigenvalue weighted by Crippen LogP contribution is 2.24. The number of aromatic nitrogens is 2. The zero-order chi connectivity index (χ0) is 18.5. The largest absolute Gasteiger partial charge is 0.411 e. The van der Waals surface area contributed by atoms with Crippen LogP contribution in [0, 0.1) is 13.8 Å². The zero-order valence-electron chi connectivity index (χ0n) is 15.1. The average molecular weight is 367 g/mol. The summed E-state index contributed by atoms with van der Waals surface area (Å²) >= 11 is 1.26. The Hall–Kier alpha value is -2.60. The van der Waals surface area contributed by atoms with E-state index in [9.17, 15) is 4.79 Å². The fraction of sp³-hybridized carbons (Fsp3) is 0.250. The lowest BCUT2D eigenvalue weighted by Crippen LogP contribution is -2.32. The van der Waals surface area contributed by atoms with Crippen molar-refractivity contribution >= 4 is 23.4 Å². The van der Waals surface area contributed by atoms with Crippen molar-refractivity contribution in [1.82, 2.24) is 10.2 Å². The van der Waals surface area contributed by atoms with E-state index in [1.54, 1.807) is 4.90 Å². The van der Waals surface area contributed by atoms with Gasteiger partial charge in [-0.2, -0.15) is 0 Å². The normalized spacial score (nSPS) is 10.7. The molecule has 0 N–H and O–H groups in total. The van der Waals surface area contributed by atoms with Crippen LogP contribution in [0.2, 0.25) is 0 Å². The Labute approximate surface area is 157 Å². The van der Waals surface area contributed by atoms with Gasteiger partial charge >= 0.3 is 0 Å². The number of aryl methyl sites for hydroxylation is 2. The smallest absolute Gasteiger partial charge is 0.277 e. The summed E-state index contributed by atoms with van der Waals surface area (Å²) in [6.45, 7) is 6.62. The molecule has 0 fully saturated rings. The van der Waals surface area contributed by atoms with Gasteiger partial charge in [-0.15, -0.1) is 10.2 Å². The van der Waals surface area contributed by atoms with Gasteiger partial charge in [0.1, 0.15) is 0 Å². The van der Waals surface area contributed by atoms with Crippen LogP contribution in [-0.2, 0) is 4.79 Å². The monoisotopic (exact) mass is 367 g/mol. The van der Waals surface area contributed by atoms with Crippen molar-refractivity contribution in [2.24, 2.45) is 0 Å². The van der Waals surface area contributed by atoms with Gasteiger partial charge in [0.05, 0.1) is 5.75 Å². The molecule has 0 saturated heterocycles. The molecule has 3 rings (SSSR count). The van der Waals surface area contributed by atoms with Crippen LogP contribution >= 0.6 is 11.8 Å². The number of benzene rings is 2. The Balaban J connectivity index is 1.65. The van der Waals surface area contributed by atoms with Gasteiger partial charge in [-0.3, -0.25) is 4.79 Å². The summed E-state index contributed by atoms with van der Waals surface area (Å²) in [7, 11) is 0. The SMILES string of the molecule is CCN(C(=O)CSc1nnc(-c2ccc(C)cc2)o1)c1cccc(C)c1. The third-order valence-corrected chi connectivity index (χ3v) is 4.76. The lowest BCUT2D eigenvalue weighted by atomic mass is 10.1. The molecule has 0 radical (unpaired) electrons. The summed E-state index contributed by atoms with van der Waals surface area (Å²) in [5, 5.41) is 8.50. The number of hydrogen-bond acceptors (Lipinski definition) is 5. The second-order valence-electron chi connectivity index (χ2n) is 6.00. The van der Waals surface area contributed by atoms with Crippen molar-refractivity contribution in [1.29, 1.82) is 0 Å². The molecule has 0 saturated carbocycles. The zero-order valence-corrected chi connectivity index (χ0v) is 15.9.